The average Bonchev–Trinajstić information content (AvgIpc) is 2.82. The van der Waals surface area contributed by atoms with Gasteiger partial charge < -0.3 is 26.2 Å². The van der Waals surface area contributed by atoms with E-state index in [0.29, 0.717) is 17.6 Å². The van der Waals surface area contributed by atoms with Crippen molar-refractivity contribution in [3.05, 3.63) is 72.5 Å². The van der Waals surface area contributed by atoms with Crippen molar-refractivity contribution < 1.29 is 26.2 Å². The van der Waals surface area contributed by atoms with E-state index in [1.807, 2.05) is 24.3 Å². The minimum absolute atomic E-state index is 0. The van der Waals surface area contributed by atoms with Gasteiger partial charge in [0.05, 0.1) is 18.5 Å². The Morgan fingerprint density at radius 2 is 1.19 bits per heavy atom. The lowest BCUT2D eigenvalue weighted by atomic mass is 9.83. The van der Waals surface area contributed by atoms with Crippen LogP contribution in [-0.4, -0.2) is 34.3 Å². The Labute approximate surface area is 192 Å². The summed E-state index contributed by atoms with van der Waals surface area (Å²) in [5.41, 5.74) is 2.62. The molecule has 0 unspecified atom stereocenters. The highest BCUT2D eigenvalue weighted by molar-refractivity contribution is 5.30. The second kappa shape index (κ2) is 12.5. The molecule has 32 heavy (non-hydrogen) atoms. The Morgan fingerprint density at radius 3 is 1.62 bits per heavy atom. The Hall–Kier alpha value is -2.50. The van der Waals surface area contributed by atoms with Crippen molar-refractivity contribution >= 4 is 0 Å². The fraction of sp³-hybridized carbons (Fsp3) is 0.481. The first-order valence-corrected chi connectivity index (χ1v) is 11.7. The first kappa shape index (κ1) is 24.1. The molecule has 0 radical (unpaired) electrons. The highest BCUT2D eigenvalue weighted by Gasteiger charge is 2.21. The number of aliphatic hydroxyl groups is 2. The molecule has 5 nitrogen and oxygen atoms in total. The van der Waals surface area contributed by atoms with Gasteiger partial charge in [-0.2, -0.15) is 0 Å². The summed E-state index contributed by atoms with van der Waals surface area (Å²) in [6, 6.07) is 15.6. The monoisotopic (exact) mass is 441 g/mol. The number of aliphatic hydroxyl groups excluding tert-OH is 2. The third-order valence-corrected chi connectivity index (χ3v) is 6.52. The normalized spacial score (nSPS) is 25.2. The van der Waals surface area contributed by atoms with Crippen LogP contribution in [0.3, 0.4) is 0 Å². The number of phenolic OH excluding ortho intramolecular Hbond substituents is 1. The van der Waals surface area contributed by atoms with Gasteiger partial charge in [0.1, 0.15) is 11.5 Å². The van der Waals surface area contributed by atoms with Crippen molar-refractivity contribution in [3.8, 4) is 11.5 Å². The van der Waals surface area contributed by atoms with Crippen molar-refractivity contribution in [2.45, 2.75) is 75.4 Å². The van der Waals surface area contributed by atoms with Gasteiger partial charge in [0, 0.05) is 0 Å². The van der Waals surface area contributed by atoms with E-state index < -0.39 is 0 Å². The lowest BCUT2D eigenvalue weighted by Gasteiger charge is -2.25. The van der Waals surface area contributed by atoms with Crippen molar-refractivity contribution in [1.29, 1.82) is 0 Å². The molecule has 0 bridgehead atoms. The Balaban J connectivity index is 0.000000233. The van der Waals surface area contributed by atoms with Gasteiger partial charge in [-0.25, -0.2) is 0 Å². The number of ether oxygens (including phenoxy) is 2. The molecule has 2 aliphatic rings. The van der Waals surface area contributed by atoms with Crippen LogP contribution >= 0.6 is 0 Å². The summed E-state index contributed by atoms with van der Waals surface area (Å²) in [5.74, 6) is 2.27. The Kier molecular flexibility index (Phi) is 9.44. The number of benzene rings is 2. The molecule has 2 fully saturated rings. The Morgan fingerprint density at radius 1 is 0.750 bits per heavy atom. The van der Waals surface area contributed by atoms with E-state index in [9.17, 15) is 10.2 Å². The van der Waals surface area contributed by atoms with Crippen molar-refractivity contribution in [2.24, 2.45) is 0 Å². The van der Waals surface area contributed by atoms with Crippen LogP contribution in [0.15, 0.2) is 61.4 Å². The maximum absolute atomic E-state index is 9.50. The highest BCUT2D eigenvalue weighted by atomic mass is 16.7. The predicted octanol–water partition coefficient (Wildman–Crippen LogP) is 5.72. The maximum atomic E-state index is 9.50. The number of hydrogen-bond donors (Lipinski definition) is 3. The average molecular weight is 442 g/mol. The van der Waals surface area contributed by atoms with Gasteiger partial charge in [0.2, 0.25) is 6.79 Å². The molecule has 4 rings (SSSR count). The van der Waals surface area contributed by atoms with Crippen LogP contribution in [0, 0.1) is 0 Å². The van der Waals surface area contributed by atoms with Crippen molar-refractivity contribution in [2.75, 3.05) is 6.79 Å². The minimum atomic E-state index is -0.0973. The van der Waals surface area contributed by atoms with Crippen LogP contribution in [0.5, 0.6) is 11.5 Å². The largest absolute Gasteiger partial charge is 1.00 e. The highest BCUT2D eigenvalue weighted by Crippen LogP contribution is 2.34. The maximum Gasteiger partial charge on any atom is 0.229 e. The summed E-state index contributed by atoms with van der Waals surface area (Å²) in [4.78, 5) is 0. The zero-order valence-electron chi connectivity index (χ0n) is 19.7. The van der Waals surface area contributed by atoms with Crippen LogP contribution in [0.2, 0.25) is 0 Å². The lowest BCUT2D eigenvalue weighted by molar-refractivity contribution is 0.0806. The molecule has 0 heterocycles. The summed E-state index contributed by atoms with van der Waals surface area (Å²) in [6.45, 7) is 3.64. The summed E-state index contributed by atoms with van der Waals surface area (Å²) in [5, 5.41) is 28.0. The number of rotatable bonds is 6. The van der Waals surface area contributed by atoms with Crippen LogP contribution in [-0.2, 0) is 4.74 Å². The fourth-order valence-electron chi connectivity index (χ4n) is 4.55. The second-order valence-corrected chi connectivity index (χ2v) is 8.77. The number of hydrogen-bond acceptors (Lipinski definition) is 5. The molecular formula is C27H37O5-. The topological polar surface area (TPSA) is 79.2 Å². The van der Waals surface area contributed by atoms with E-state index >= 15 is 0 Å². The molecule has 0 amide bonds. The first-order chi connectivity index (χ1) is 15.5. The molecule has 176 valence electrons. The van der Waals surface area contributed by atoms with Gasteiger partial charge in [0.15, 0.2) is 0 Å². The van der Waals surface area contributed by atoms with E-state index in [1.54, 1.807) is 12.1 Å². The molecule has 0 atom stereocenters. The fourth-order valence-corrected chi connectivity index (χ4v) is 4.55. The third kappa shape index (κ3) is 7.57. The van der Waals surface area contributed by atoms with Gasteiger partial charge in [-0.15, -0.1) is 0 Å². The van der Waals surface area contributed by atoms with Crippen LogP contribution < -0.4 is 4.74 Å². The SMILES string of the molecule is C=COCOc1ccc(C2CCC(O)CC2)cc1.Oc1ccc(C2CCC(O)CC2)cc1.[H-]. The molecule has 3 N–H and O–H groups in total. The predicted molar refractivity (Wildman–Crippen MR) is 127 cm³/mol. The first-order valence-electron chi connectivity index (χ1n) is 11.7. The molecule has 0 aliphatic heterocycles. The summed E-state index contributed by atoms with van der Waals surface area (Å²) < 4.78 is 10.3. The zero-order chi connectivity index (χ0) is 22.8. The quantitative estimate of drug-likeness (QED) is 0.303. The lowest BCUT2D eigenvalue weighted by Crippen LogP contribution is -2.16. The van der Waals surface area contributed by atoms with Crippen LogP contribution in [0.1, 0.15) is 75.8 Å². The third-order valence-electron chi connectivity index (χ3n) is 6.52. The Bertz CT molecular complexity index is 792. The summed E-state index contributed by atoms with van der Waals surface area (Å²) in [6.07, 6.45) is 9.08. The standard InChI is InChI=1S/C15H20O3.C12H16O2.H/c1-2-17-11-18-15-9-5-13(6-10-15)12-3-7-14(16)8-4-12;13-11-5-1-9(2-6-11)10-3-7-12(14)8-4-10;/h2,5-6,9-10,12,14,16H,1,3-4,7-8,11H2;1-2,5-6,10,12-14H,3-4,7-8H2;/q;;-1. The van der Waals surface area contributed by atoms with E-state index in [-0.39, 0.29) is 20.4 Å². The van der Waals surface area contributed by atoms with Crippen molar-refractivity contribution in [1.82, 2.24) is 0 Å². The van der Waals surface area contributed by atoms with Crippen LogP contribution in [0.25, 0.3) is 0 Å². The van der Waals surface area contributed by atoms with E-state index in [0.717, 1.165) is 57.1 Å². The molecule has 0 saturated heterocycles. The van der Waals surface area contributed by atoms with Gasteiger partial charge in [-0.05, 0) is 98.6 Å². The summed E-state index contributed by atoms with van der Waals surface area (Å²) in [7, 11) is 0. The molecule has 5 heteroatoms. The van der Waals surface area contributed by atoms with E-state index in [4.69, 9.17) is 14.6 Å². The van der Waals surface area contributed by atoms with Gasteiger partial charge in [0.25, 0.3) is 0 Å². The number of aromatic hydroxyl groups is 1. The second-order valence-electron chi connectivity index (χ2n) is 8.77. The van der Waals surface area contributed by atoms with Gasteiger partial charge in [-0.1, -0.05) is 30.8 Å². The minimum Gasteiger partial charge on any atom is -1.00 e. The molecule has 2 aromatic carbocycles. The van der Waals surface area contributed by atoms with Crippen molar-refractivity contribution in [3.63, 3.8) is 0 Å². The van der Waals surface area contributed by atoms with Gasteiger partial charge in [-0.3, -0.25) is 0 Å². The molecule has 0 aromatic heterocycles. The van der Waals surface area contributed by atoms with E-state index in [1.165, 1.54) is 17.4 Å². The van der Waals surface area contributed by atoms with Crippen LogP contribution in [0.4, 0.5) is 0 Å². The molecule has 2 aliphatic carbocycles. The smallest absolute Gasteiger partial charge is 0.229 e. The molecule has 0 spiro atoms. The zero-order valence-corrected chi connectivity index (χ0v) is 18.7. The van der Waals surface area contributed by atoms with E-state index in [2.05, 4.69) is 18.7 Å². The molecular weight excluding hydrogens is 404 g/mol. The molecule has 2 saturated carbocycles. The van der Waals surface area contributed by atoms with Gasteiger partial charge >= 0.3 is 0 Å². The number of phenols is 1. The summed E-state index contributed by atoms with van der Waals surface area (Å²) >= 11 is 0. The molecule has 2 aromatic rings.